The smallest absolute Gasteiger partial charge is 0.259 e. The van der Waals surface area contributed by atoms with Gasteiger partial charge in [-0.3, -0.25) is 14.9 Å². The Hall–Kier alpha value is -4.40. The zero-order valence-corrected chi connectivity index (χ0v) is 21.1. The Morgan fingerprint density at radius 1 is 0.878 bits per heavy atom. The molecule has 13 nitrogen and oxygen atoms in total. The number of phenolic OH excluding ortho intramolecular Hbond substituents is 1. The lowest BCUT2D eigenvalue weighted by atomic mass is 9.96. The number of H-pyrrole nitrogens is 1. The second-order valence-electron chi connectivity index (χ2n) is 10.5. The van der Waals surface area contributed by atoms with Crippen LogP contribution < -0.4 is 14.8 Å². The first-order valence-electron chi connectivity index (χ1n) is 13.0. The van der Waals surface area contributed by atoms with Gasteiger partial charge in [-0.1, -0.05) is 0 Å². The summed E-state index contributed by atoms with van der Waals surface area (Å²) in [6.45, 7) is 0.0696. The molecule has 8 rings (SSSR count). The van der Waals surface area contributed by atoms with Crippen LogP contribution in [0.5, 0.6) is 17.2 Å². The van der Waals surface area contributed by atoms with Crippen LogP contribution in [-0.2, 0) is 4.74 Å². The maximum atomic E-state index is 13.4. The molecule has 0 saturated carbocycles. The number of rotatable bonds is 2. The number of nitrogens with zero attached hydrogens (tertiary/aromatic N) is 1. The third-order valence-corrected chi connectivity index (χ3v) is 8.24. The van der Waals surface area contributed by atoms with Gasteiger partial charge >= 0.3 is 0 Å². The average molecular weight is 562 g/mol. The van der Waals surface area contributed by atoms with Crippen molar-refractivity contribution in [3.63, 3.8) is 0 Å². The molecule has 3 aromatic carbocycles. The summed E-state index contributed by atoms with van der Waals surface area (Å²) in [4.78, 5) is 30.0. The molecule has 0 aliphatic carbocycles. The minimum absolute atomic E-state index is 0.0761. The lowest BCUT2D eigenvalue weighted by molar-refractivity contribution is -0.249. The minimum Gasteiger partial charge on any atom is -0.508 e. The Kier molecular flexibility index (Phi) is 4.95. The summed E-state index contributed by atoms with van der Waals surface area (Å²) in [6, 6.07) is 7.88. The summed E-state index contributed by atoms with van der Waals surface area (Å²) in [5.41, 5.74) is 1.94. The Bertz CT molecular complexity index is 1980. The van der Waals surface area contributed by atoms with Crippen LogP contribution in [-0.4, -0.2) is 91.1 Å². The lowest BCUT2D eigenvalue weighted by Gasteiger charge is -2.41. The fourth-order valence-electron chi connectivity index (χ4n) is 6.46. The molecular formula is C28H23N3O10. The quantitative estimate of drug-likeness (QED) is 0.151. The molecular weight excluding hydrogens is 538 g/mol. The molecule has 5 unspecified atom stereocenters. The zero-order chi connectivity index (χ0) is 28.3. The van der Waals surface area contributed by atoms with Crippen molar-refractivity contribution in [2.24, 2.45) is 0 Å². The number of carbonyl (C=O) groups excluding carboxylic acids is 2. The number of fused-ring (bicyclic) bond motifs is 11. The number of benzene rings is 3. The van der Waals surface area contributed by atoms with Crippen LogP contribution in [0.3, 0.4) is 0 Å². The lowest BCUT2D eigenvalue weighted by Crippen LogP contribution is -2.56. The number of aromatic nitrogens is 2. The number of amides is 2. The van der Waals surface area contributed by atoms with E-state index in [9.17, 15) is 35.1 Å². The molecule has 5 atom stereocenters. The monoisotopic (exact) mass is 561 g/mol. The van der Waals surface area contributed by atoms with E-state index in [0.717, 1.165) is 0 Å². The number of aliphatic hydroxyl groups is 4. The van der Waals surface area contributed by atoms with Gasteiger partial charge in [0.1, 0.15) is 43.4 Å². The van der Waals surface area contributed by atoms with Gasteiger partial charge in [0.25, 0.3) is 11.8 Å². The van der Waals surface area contributed by atoms with Crippen LogP contribution in [0, 0.1) is 0 Å². The van der Waals surface area contributed by atoms with Crippen molar-refractivity contribution in [2.45, 2.75) is 30.6 Å². The van der Waals surface area contributed by atoms with Gasteiger partial charge < -0.3 is 49.3 Å². The molecule has 7 N–H and O–H groups in total. The third kappa shape index (κ3) is 3.11. The summed E-state index contributed by atoms with van der Waals surface area (Å²) in [5.74, 6) is -0.366. The predicted molar refractivity (Wildman–Crippen MR) is 142 cm³/mol. The number of ether oxygens (including phenoxy) is 3. The van der Waals surface area contributed by atoms with E-state index in [1.807, 2.05) is 0 Å². The highest BCUT2D eigenvalue weighted by atomic mass is 16.6. The molecule has 0 bridgehead atoms. The summed E-state index contributed by atoms with van der Waals surface area (Å²) < 4.78 is 19.0. The second kappa shape index (κ2) is 8.31. The molecule has 13 heteroatoms. The molecule has 1 fully saturated rings. The van der Waals surface area contributed by atoms with E-state index in [-0.39, 0.29) is 16.9 Å². The Balaban J connectivity index is 1.57. The number of hydrogen-bond donors (Lipinski definition) is 7. The number of nitrogens with one attached hydrogen (secondary N) is 2. The van der Waals surface area contributed by atoms with Crippen LogP contribution in [0.25, 0.3) is 43.6 Å². The number of carbonyl (C=O) groups is 2. The molecule has 41 heavy (non-hydrogen) atoms. The van der Waals surface area contributed by atoms with Gasteiger partial charge in [-0.15, -0.1) is 0 Å². The standard InChI is InChI=1S/C28H23N3O10/c32-8-16-23(34)24(35)25(36)28(41-16)31-13-2-1-9(33)5-11(13)18-20-19(26(37)30-27(20)38)17-10-6-14-15(40-4-3-39-14)7-12(10)29-21(17)22(18)31/h1-2,5-7,16,23-25,28-29,32-36H,3-4,8H2,(H,30,37,38). The van der Waals surface area contributed by atoms with Crippen molar-refractivity contribution >= 4 is 55.4 Å². The van der Waals surface area contributed by atoms with Crippen molar-refractivity contribution in [2.75, 3.05) is 19.8 Å². The Labute approximate surface area is 229 Å². The average Bonchev–Trinajstić information content (AvgIpc) is 3.59. The first-order valence-corrected chi connectivity index (χ1v) is 13.0. The molecule has 3 aliphatic rings. The first-order chi connectivity index (χ1) is 19.8. The third-order valence-electron chi connectivity index (χ3n) is 8.24. The van der Waals surface area contributed by atoms with Crippen LogP contribution in [0.4, 0.5) is 0 Å². The number of aliphatic hydroxyl groups excluding tert-OH is 4. The molecule has 3 aliphatic heterocycles. The van der Waals surface area contributed by atoms with E-state index < -0.39 is 49.1 Å². The van der Waals surface area contributed by atoms with E-state index in [4.69, 9.17) is 14.2 Å². The number of hydrogen-bond acceptors (Lipinski definition) is 10. The maximum Gasteiger partial charge on any atom is 0.259 e. The number of aromatic hydroxyl groups is 1. The summed E-state index contributed by atoms with van der Waals surface area (Å²) in [7, 11) is 0. The van der Waals surface area contributed by atoms with Crippen molar-refractivity contribution in [1.29, 1.82) is 0 Å². The van der Waals surface area contributed by atoms with Crippen molar-refractivity contribution in [3.8, 4) is 17.2 Å². The molecule has 5 heterocycles. The van der Waals surface area contributed by atoms with Crippen LogP contribution in [0.1, 0.15) is 26.9 Å². The summed E-state index contributed by atoms with van der Waals surface area (Å²) in [5, 5.41) is 56.6. The molecule has 1 saturated heterocycles. The van der Waals surface area contributed by atoms with Crippen LogP contribution in [0.15, 0.2) is 30.3 Å². The van der Waals surface area contributed by atoms with Crippen molar-refractivity contribution in [1.82, 2.24) is 14.9 Å². The SMILES string of the molecule is O=C1NC(=O)c2c1c1c3cc4c(cc3[nH]c1c1c2c2cc(O)ccc2n1C1OC(CO)C(O)C(O)C1O)OCCO4. The number of imide groups is 1. The number of aromatic amines is 1. The molecule has 5 aromatic rings. The fraction of sp³-hybridized carbons (Fsp3) is 0.286. The van der Waals surface area contributed by atoms with Crippen LogP contribution >= 0.6 is 0 Å². The zero-order valence-electron chi connectivity index (χ0n) is 21.1. The van der Waals surface area contributed by atoms with Gasteiger partial charge in [0.05, 0.1) is 39.8 Å². The summed E-state index contributed by atoms with van der Waals surface area (Å²) >= 11 is 0. The predicted octanol–water partition coefficient (Wildman–Crippen LogP) is 0.762. The fourth-order valence-corrected chi connectivity index (χ4v) is 6.46. The van der Waals surface area contributed by atoms with E-state index in [1.54, 1.807) is 22.8 Å². The minimum atomic E-state index is -1.67. The van der Waals surface area contributed by atoms with E-state index >= 15 is 0 Å². The van der Waals surface area contributed by atoms with Gasteiger partial charge in [-0.05, 0) is 24.3 Å². The van der Waals surface area contributed by atoms with Gasteiger partial charge in [-0.25, -0.2) is 0 Å². The van der Waals surface area contributed by atoms with Crippen LogP contribution in [0.2, 0.25) is 0 Å². The van der Waals surface area contributed by atoms with E-state index in [2.05, 4.69) is 10.3 Å². The van der Waals surface area contributed by atoms with Gasteiger partial charge in [0.15, 0.2) is 17.7 Å². The Morgan fingerprint density at radius 3 is 2.32 bits per heavy atom. The van der Waals surface area contributed by atoms with Gasteiger partial charge in [-0.2, -0.15) is 0 Å². The van der Waals surface area contributed by atoms with Gasteiger partial charge in [0.2, 0.25) is 0 Å². The highest BCUT2D eigenvalue weighted by molar-refractivity contribution is 6.39. The first kappa shape index (κ1) is 24.4. The summed E-state index contributed by atoms with van der Waals surface area (Å²) in [6.07, 6.45) is -7.47. The molecule has 2 aromatic heterocycles. The topological polar surface area (TPSA) is 196 Å². The highest BCUT2D eigenvalue weighted by Gasteiger charge is 2.46. The Morgan fingerprint density at radius 2 is 1.59 bits per heavy atom. The second-order valence-corrected chi connectivity index (χ2v) is 10.5. The van der Waals surface area contributed by atoms with E-state index in [0.29, 0.717) is 68.3 Å². The van der Waals surface area contributed by atoms with Crippen molar-refractivity contribution < 1.29 is 49.3 Å². The molecule has 0 radical (unpaired) electrons. The molecule has 210 valence electrons. The molecule has 0 spiro atoms. The maximum absolute atomic E-state index is 13.4. The van der Waals surface area contributed by atoms with E-state index in [1.165, 1.54) is 12.1 Å². The highest BCUT2D eigenvalue weighted by Crippen LogP contribution is 2.48. The number of phenols is 1. The van der Waals surface area contributed by atoms with Crippen molar-refractivity contribution in [3.05, 3.63) is 41.5 Å². The largest absolute Gasteiger partial charge is 0.508 e. The van der Waals surface area contributed by atoms with Gasteiger partial charge in [0, 0.05) is 27.6 Å². The normalized spacial score (nSPS) is 25.9. The molecule has 2 amide bonds.